The summed E-state index contributed by atoms with van der Waals surface area (Å²) < 4.78 is 40.6. The molecule has 0 unspecified atom stereocenters. The Morgan fingerprint density at radius 3 is 2.26 bits per heavy atom. The van der Waals surface area contributed by atoms with Gasteiger partial charge in [0.2, 0.25) is 5.91 Å². The number of hydrogen-bond donors (Lipinski definition) is 2. The number of sulfonamides is 1. The molecule has 0 fully saturated rings. The molecule has 0 bridgehead atoms. The van der Waals surface area contributed by atoms with Crippen molar-refractivity contribution in [3.05, 3.63) is 58.9 Å². The minimum atomic E-state index is -4.05. The van der Waals surface area contributed by atoms with Gasteiger partial charge in [0.1, 0.15) is 5.82 Å². The van der Waals surface area contributed by atoms with E-state index in [1.807, 2.05) is 20.8 Å². The van der Waals surface area contributed by atoms with E-state index in [1.165, 1.54) is 23.1 Å². The van der Waals surface area contributed by atoms with Gasteiger partial charge in [-0.3, -0.25) is 14.3 Å². The van der Waals surface area contributed by atoms with Crippen LogP contribution >= 0.6 is 11.6 Å². The molecule has 2 aromatic carbocycles. The molecular formula is C21H25ClFN3O4S. The molecule has 0 aromatic heterocycles. The molecule has 2 amide bonds. The van der Waals surface area contributed by atoms with Gasteiger partial charge in [-0.15, -0.1) is 0 Å². The molecule has 0 aliphatic rings. The summed E-state index contributed by atoms with van der Waals surface area (Å²) >= 11 is 6.11. The first kappa shape index (κ1) is 24.6. The van der Waals surface area contributed by atoms with E-state index < -0.39 is 27.3 Å². The maximum atomic E-state index is 13.1. The Morgan fingerprint density at radius 2 is 1.71 bits per heavy atom. The molecular weight excluding hydrogens is 445 g/mol. The molecule has 31 heavy (non-hydrogen) atoms. The van der Waals surface area contributed by atoms with E-state index in [0.717, 1.165) is 24.3 Å². The van der Waals surface area contributed by atoms with E-state index in [1.54, 1.807) is 6.92 Å². The van der Waals surface area contributed by atoms with Crippen molar-refractivity contribution in [3.8, 4) is 0 Å². The molecule has 0 atom stereocenters. The molecule has 0 aliphatic heterocycles. The molecule has 0 saturated carbocycles. The van der Waals surface area contributed by atoms with Crippen LogP contribution in [-0.2, 0) is 14.8 Å². The Balaban J connectivity index is 2.25. The lowest BCUT2D eigenvalue weighted by Gasteiger charge is -2.25. The molecule has 0 heterocycles. The van der Waals surface area contributed by atoms with Crippen molar-refractivity contribution >= 4 is 39.1 Å². The van der Waals surface area contributed by atoms with E-state index in [2.05, 4.69) is 10.0 Å². The predicted octanol–water partition coefficient (Wildman–Crippen LogP) is 3.66. The van der Waals surface area contributed by atoms with Crippen LogP contribution in [-0.4, -0.2) is 43.8 Å². The van der Waals surface area contributed by atoms with Crippen molar-refractivity contribution < 1.29 is 22.4 Å². The average molecular weight is 470 g/mol. The van der Waals surface area contributed by atoms with Gasteiger partial charge in [0.25, 0.3) is 15.9 Å². The van der Waals surface area contributed by atoms with Gasteiger partial charge in [0.15, 0.2) is 0 Å². The lowest BCUT2D eigenvalue weighted by molar-refractivity contribution is -0.123. The summed E-state index contributed by atoms with van der Waals surface area (Å²) in [6, 6.07) is 8.43. The molecule has 10 heteroatoms. The summed E-state index contributed by atoms with van der Waals surface area (Å²) in [6.07, 6.45) is 0. The first-order chi connectivity index (χ1) is 14.3. The Labute approximate surface area is 186 Å². The van der Waals surface area contributed by atoms with Crippen molar-refractivity contribution in [1.82, 2.24) is 10.2 Å². The van der Waals surface area contributed by atoms with Crippen LogP contribution in [0.3, 0.4) is 0 Å². The minimum absolute atomic E-state index is 0.00737. The van der Waals surface area contributed by atoms with Crippen molar-refractivity contribution in [1.29, 1.82) is 0 Å². The number of carbonyl (C=O) groups excluding carboxylic acids is 2. The van der Waals surface area contributed by atoms with Gasteiger partial charge in [-0.1, -0.05) is 11.6 Å². The molecule has 0 spiro atoms. The summed E-state index contributed by atoms with van der Waals surface area (Å²) in [5, 5.41) is 2.87. The third-order valence-corrected chi connectivity index (χ3v) is 5.81. The van der Waals surface area contributed by atoms with Gasteiger partial charge in [-0.05, 0) is 70.2 Å². The fraction of sp³-hybridized carbons (Fsp3) is 0.333. The number of anilines is 1. The monoisotopic (exact) mass is 469 g/mol. The number of rotatable bonds is 7. The number of hydrogen-bond acceptors (Lipinski definition) is 4. The summed E-state index contributed by atoms with van der Waals surface area (Å²) in [5.74, 6) is -1.33. The number of halogens is 2. The molecule has 0 radical (unpaired) electrons. The van der Waals surface area contributed by atoms with Gasteiger partial charge < -0.3 is 10.2 Å². The number of nitrogens with zero attached hydrogens (tertiary/aromatic N) is 1. The van der Waals surface area contributed by atoms with E-state index in [-0.39, 0.29) is 40.2 Å². The highest BCUT2D eigenvalue weighted by Gasteiger charge is 2.22. The SMILES string of the molecule is CCN(CC(=O)NC(C)(C)C)C(=O)c1ccc(Cl)c(NS(=O)(=O)c2ccc(F)cc2)c1. The second-order valence-electron chi connectivity index (χ2n) is 7.87. The maximum absolute atomic E-state index is 13.1. The quantitative estimate of drug-likeness (QED) is 0.646. The van der Waals surface area contributed by atoms with Crippen molar-refractivity contribution in [2.45, 2.75) is 38.1 Å². The lowest BCUT2D eigenvalue weighted by Crippen LogP contribution is -2.47. The van der Waals surface area contributed by atoms with E-state index in [4.69, 9.17) is 11.6 Å². The average Bonchev–Trinajstić information content (AvgIpc) is 2.66. The zero-order valence-electron chi connectivity index (χ0n) is 17.7. The minimum Gasteiger partial charge on any atom is -0.350 e. The van der Waals surface area contributed by atoms with Crippen LogP contribution in [0.1, 0.15) is 38.1 Å². The third-order valence-electron chi connectivity index (χ3n) is 4.10. The summed E-state index contributed by atoms with van der Waals surface area (Å²) in [6.45, 7) is 7.36. The molecule has 7 nitrogen and oxygen atoms in total. The van der Waals surface area contributed by atoms with E-state index in [0.29, 0.717) is 0 Å². The third kappa shape index (κ3) is 6.93. The molecule has 168 valence electrons. The number of amides is 2. The largest absolute Gasteiger partial charge is 0.350 e. The zero-order chi connectivity index (χ0) is 23.4. The second kappa shape index (κ2) is 9.65. The van der Waals surface area contributed by atoms with Crippen molar-refractivity contribution in [2.24, 2.45) is 0 Å². The molecule has 0 aliphatic carbocycles. The lowest BCUT2D eigenvalue weighted by atomic mass is 10.1. The zero-order valence-corrected chi connectivity index (χ0v) is 19.3. The van der Waals surface area contributed by atoms with Crippen LogP contribution in [0.5, 0.6) is 0 Å². The highest BCUT2D eigenvalue weighted by molar-refractivity contribution is 7.92. The summed E-state index contributed by atoms with van der Waals surface area (Å²) in [7, 11) is -4.05. The standard InChI is InChI=1S/C21H25ClFN3O4S/c1-5-26(13-19(27)24-21(2,3)4)20(28)14-6-11-17(22)18(12-14)25-31(29,30)16-9-7-15(23)8-10-16/h6-12,25H,5,13H2,1-4H3,(H,24,27). The van der Waals surface area contributed by atoms with Crippen LogP contribution in [0.15, 0.2) is 47.4 Å². The summed E-state index contributed by atoms with van der Waals surface area (Å²) in [4.78, 5) is 26.3. The van der Waals surface area contributed by atoms with Crippen LogP contribution in [0.4, 0.5) is 10.1 Å². The first-order valence-corrected chi connectivity index (χ1v) is 11.4. The Morgan fingerprint density at radius 1 is 1.10 bits per heavy atom. The number of likely N-dealkylation sites (N-methyl/N-ethyl adjacent to an activating group) is 1. The summed E-state index contributed by atoms with van der Waals surface area (Å²) in [5.41, 5.74) is -0.287. The number of nitrogens with one attached hydrogen (secondary N) is 2. The molecule has 2 rings (SSSR count). The van der Waals surface area contributed by atoms with Gasteiger partial charge in [-0.2, -0.15) is 0 Å². The highest BCUT2D eigenvalue weighted by Crippen LogP contribution is 2.26. The van der Waals surface area contributed by atoms with Crippen LogP contribution in [0, 0.1) is 5.82 Å². The molecule has 0 saturated heterocycles. The first-order valence-electron chi connectivity index (χ1n) is 9.50. The van der Waals surface area contributed by atoms with Gasteiger partial charge in [-0.25, -0.2) is 12.8 Å². The van der Waals surface area contributed by atoms with Gasteiger partial charge in [0, 0.05) is 17.6 Å². The Hall–Kier alpha value is -2.65. The van der Waals surface area contributed by atoms with E-state index in [9.17, 15) is 22.4 Å². The topological polar surface area (TPSA) is 95.6 Å². The van der Waals surface area contributed by atoms with Crippen molar-refractivity contribution in [2.75, 3.05) is 17.8 Å². The molecule has 2 aromatic rings. The normalized spacial score (nSPS) is 11.7. The highest BCUT2D eigenvalue weighted by atomic mass is 35.5. The Bertz CT molecular complexity index is 1070. The number of carbonyl (C=O) groups is 2. The predicted molar refractivity (Wildman–Crippen MR) is 118 cm³/mol. The van der Waals surface area contributed by atoms with Gasteiger partial charge in [0.05, 0.1) is 22.2 Å². The maximum Gasteiger partial charge on any atom is 0.261 e. The fourth-order valence-electron chi connectivity index (χ4n) is 2.69. The molecule has 2 N–H and O–H groups in total. The number of benzene rings is 2. The van der Waals surface area contributed by atoms with Gasteiger partial charge >= 0.3 is 0 Å². The van der Waals surface area contributed by atoms with Crippen molar-refractivity contribution in [3.63, 3.8) is 0 Å². The smallest absolute Gasteiger partial charge is 0.261 e. The van der Waals surface area contributed by atoms with E-state index >= 15 is 0 Å². The van der Waals surface area contributed by atoms with Crippen LogP contribution in [0.2, 0.25) is 5.02 Å². The second-order valence-corrected chi connectivity index (χ2v) is 9.96. The van der Waals surface area contributed by atoms with Crippen LogP contribution in [0.25, 0.3) is 0 Å². The fourth-order valence-corrected chi connectivity index (χ4v) is 3.99. The van der Waals surface area contributed by atoms with Crippen LogP contribution < -0.4 is 10.0 Å². The Kier molecular flexibility index (Phi) is 7.67.